The Bertz CT molecular complexity index is 719. The van der Waals surface area contributed by atoms with Crippen molar-refractivity contribution in [3.8, 4) is 11.5 Å². The molecule has 27 heavy (non-hydrogen) atoms. The summed E-state index contributed by atoms with van der Waals surface area (Å²) in [7, 11) is 1.70. The van der Waals surface area contributed by atoms with Crippen LogP contribution in [0.3, 0.4) is 0 Å². The first kappa shape index (κ1) is 19.7. The zero-order valence-corrected chi connectivity index (χ0v) is 17.0. The van der Waals surface area contributed by atoms with E-state index in [2.05, 4.69) is 55.3 Å². The SMILES string of the molecule is COc1ccc([C@H](N2CCNCC2)C(C)(C)C)cc1OCc1ccccc1. The molecule has 1 heterocycles. The van der Waals surface area contributed by atoms with Crippen LogP contribution in [0.4, 0.5) is 0 Å². The van der Waals surface area contributed by atoms with Gasteiger partial charge in [-0.15, -0.1) is 0 Å². The van der Waals surface area contributed by atoms with E-state index in [1.165, 1.54) is 5.56 Å². The molecule has 3 rings (SSSR count). The number of nitrogens with one attached hydrogen (secondary N) is 1. The van der Waals surface area contributed by atoms with Gasteiger partial charge in [0.25, 0.3) is 0 Å². The van der Waals surface area contributed by atoms with Gasteiger partial charge in [0, 0.05) is 32.2 Å². The predicted molar refractivity (Wildman–Crippen MR) is 110 cm³/mol. The van der Waals surface area contributed by atoms with Crippen LogP contribution in [0.25, 0.3) is 0 Å². The van der Waals surface area contributed by atoms with Crippen LogP contribution in [0.2, 0.25) is 0 Å². The summed E-state index contributed by atoms with van der Waals surface area (Å²) in [6.45, 7) is 11.7. The van der Waals surface area contributed by atoms with Crippen LogP contribution in [-0.4, -0.2) is 38.2 Å². The van der Waals surface area contributed by atoms with Gasteiger partial charge in [-0.2, -0.15) is 0 Å². The zero-order valence-electron chi connectivity index (χ0n) is 17.0. The number of hydrogen-bond acceptors (Lipinski definition) is 4. The third-order valence-electron chi connectivity index (χ3n) is 5.08. The van der Waals surface area contributed by atoms with Crippen molar-refractivity contribution in [2.24, 2.45) is 5.41 Å². The number of piperazine rings is 1. The van der Waals surface area contributed by atoms with Crippen molar-refractivity contribution in [2.45, 2.75) is 33.4 Å². The van der Waals surface area contributed by atoms with Gasteiger partial charge in [0.05, 0.1) is 7.11 Å². The molecule has 2 aromatic rings. The molecule has 0 aromatic heterocycles. The molecule has 0 spiro atoms. The first-order valence-electron chi connectivity index (χ1n) is 9.78. The molecule has 0 radical (unpaired) electrons. The third kappa shape index (κ3) is 5.02. The van der Waals surface area contributed by atoms with Crippen LogP contribution in [0, 0.1) is 5.41 Å². The maximum Gasteiger partial charge on any atom is 0.161 e. The number of benzene rings is 2. The van der Waals surface area contributed by atoms with Crippen LogP contribution in [0.1, 0.15) is 37.9 Å². The summed E-state index contributed by atoms with van der Waals surface area (Å²) in [5, 5.41) is 3.45. The van der Waals surface area contributed by atoms with E-state index in [1.54, 1.807) is 7.11 Å². The molecule has 1 atom stereocenters. The fourth-order valence-electron chi connectivity index (χ4n) is 3.91. The molecule has 4 nitrogen and oxygen atoms in total. The lowest BCUT2D eigenvalue weighted by Crippen LogP contribution is -2.48. The molecule has 0 aliphatic carbocycles. The van der Waals surface area contributed by atoms with Crippen LogP contribution in [-0.2, 0) is 6.61 Å². The summed E-state index contributed by atoms with van der Waals surface area (Å²) in [6, 6.07) is 17.0. The molecule has 1 fully saturated rings. The van der Waals surface area contributed by atoms with Crippen molar-refractivity contribution in [3.63, 3.8) is 0 Å². The van der Waals surface area contributed by atoms with Crippen molar-refractivity contribution in [1.29, 1.82) is 0 Å². The van der Waals surface area contributed by atoms with Gasteiger partial charge in [-0.3, -0.25) is 4.90 Å². The predicted octanol–water partition coefficient (Wildman–Crippen LogP) is 4.27. The van der Waals surface area contributed by atoms with E-state index in [4.69, 9.17) is 9.47 Å². The van der Waals surface area contributed by atoms with Crippen molar-refractivity contribution < 1.29 is 9.47 Å². The molecule has 1 aliphatic heterocycles. The van der Waals surface area contributed by atoms with Gasteiger partial charge >= 0.3 is 0 Å². The van der Waals surface area contributed by atoms with Crippen molar-refractivity contribution in [3.05, 3.63) is 59.7 Å². The van der Waals surface area contributed by atoms with Gasteiger partial charge < -0.3 is 14.8 Å². The minimum absolute atomic E-state index is 0.128. The highest BCUT2D eigenvalue weighted by atomic mass is 16.5. The summed E-state index contributed by atoms with van der Waals surface area (Å²) in [5.41, 5.74) is 2.57. The van der Waals surface area contributed by atoms with Crippen LogP contribution in [0.15, 0.2) is 48.5 Å². The highest BCUT2D eigenvalue weighted by Gasteiger charge is 2.33. The van der Waals surface area contributed by atoms with Gasteiger partial charge in [-0.1, -0.05) is 57.2 Å². The lowest BCUT2D eigenvalue weighted by molar-refractivity contribution is 0.0859. The standard InChI is InChI=1S/C23H32N2O2/c1-23(2,3)22(25-14-12-24-13-15-25)19-10-11-20(26-4)21(16-19)27-17-18-8-6-5-7-9-18/h5-11,16,22,24H,12-15,17H2,1-4H3/t22-/m0/s1. The molecule has 0 amide bonds. The normalized spacial score (nSPS) is 16.7. The Morgan fingerprint density at radius 3 is 2.33 bits per heavy atom. The highest BCUT2D eigenvalue weighted by molar-refractivity contribution is 5.44. The van der Waals surface area contributed by atoms with Gasteiger partial charge in [-0.05, 0) is 28.7 Å². The van der Waals surface area contributed by atoms with Gasteiger partial charge in [0.2, 0.25) is 0 Å². The average molecular weight is 369 g/mol. The second-order valence-electron chi connectivity index (χ2n) is 8.24. The first-order valence-corrected chi connectivity index (χ1v) is 9.78. The second-order valence-corrected chi connectivity index (χ2v) is 8.24. The van der Waals surface area contributed by atoms with E-state index in [1.807, 2.05) is 24.3 Å². The molecule has 1 N–H and O–H groups in total. The molecule has 2 aromatic carbocycles. The fourth-order valence-corrected chi connectivity index (χ4v) is 3.91. The second kappa shape index (κ2) is 8.77. The Kier molecular flexibility index (Phi) is 6.40. The summed E-state index contributed by atoms with van der Waals surface area (Å²) >= 11 is 0. The number of ether oxygens (including phenoxy) is 2. The summed E-state index contributed by atoms with van der Waals surface area (Å²) < 4.78 is 11.7. The van der Waals surface area contributed by atoms with E-state index in [0.29, 0.717) is 12.6 Å². The molecule has 0 bridgehead atoms. The number of methoxy groups -OCH3 is 1. The molecule has 146 valence electrons. The van der Waals surface area contributed by atoms with Crippen molar-refractivity contribution in [2.75, 3.05) is 33.3 Å². The van der Waals surface area contributed by atoms with E-state index >= 15 is 0 Å². The Balaban J connectivity index is 1.87. The molecule has 4 heteroatoms. The quantitative estimate of drug-likeness (QED) is 0.826. The Morgan fingerprint density at radius 2 is 1.70 bits per heavy atom. The van der Waals surface area contributed by atoms with E-state index in [9.17, 15) is 0 Å². The largest absolute Gasteiger partial charge is 0.493 e. The molecule has 1 aliphatic rings. The molecule has 0 saturated carbocycles. The maximum absolute atomic E-state index is 6.15. The Hall–Kier alpha value is -2.04. The van der Waals surface area contributed by atoms with E-state index < -0.39 is 0 Å². The smallest absolute Gasteiger partial charge is 0.161 e. The van der Waals surface area contributed by atoms with Crippen LogP contribution >= 0.6 is 0 Å². The summed E-state index contributed by atoms with van der Waals surface area (Å²) in [4.78, 5) is 2.58. The lowest BCUT2D eigenvalue weighted by atomic mass is 9.81. The number of rotatable bonds is 6. The van der Waals surface area contributed by atoms with Crippen LogP contribution < -0.4 is 14.8 Å². The zero-order chi connectivity index (χ0) is 19.3. The van der Waals surface area contributed by atoms with Crippen LogP contribution in [0.5, 0.6) is 11.5 Å². The summed E-state index contributed by atoms with van der Waals surface area (Å²) in [5.74, 6) is 1.59. The third-order valence-corrected chi connectivity index (χ3v) is 5.08. The first-order chi connectivity index (χ1) is 13.0. The van der Waals surface area contributed by atoms with Gasteiger partial charge in [-0.25, -0.2) is 0 Å². The minimum atomic E-state index is 0.128. The molecule has 0 unspecified atom stereocenters. The Labute approximate surface area is 163 Å². The van der Waals surface area contributed by atoms with E-state index in [-0.39, 0.29) is 5.41 Å². The fraction of sp³-hybridized carbons (Fsp3) is 0.478. The summed E-state index contributed by atoms with van der Waals surface area (Å²) in [6.07, 6.45) is 0. The molecular formula is C23H32N2O2. The average Bonchev–Trinajstić information content (AvgIpc) is 2.67. The Morgan fingerprint density at radius 1 is 1.00 bits per heavy atom. The molecular weight excluding hydrogens is 336 g/mol. The number of hydrogen-bond donors (Lipinski definition) is 1. The van der Waals surface area contributed by atoms with E-state index in [0.717, 1.165) is 43.2 Å². The lowest BCUT2D eigenvalue weighted by Gasteiger charge is -2.42. The minimum Gasteiger partial charge on any atom is -0.493 e. The van der Waals surface area contributed by atoms with Crippen molar-refractivity contribution in [1.82, 2.24) is 10.2 Å². The van der Waals surface area contributed by atoms with Gasteiger partial charge in [0.1, 0.15) is 6.61 Å². The van der Waals surface area contributed by atoms with Crippen molar-refractivity contribution >= 4 is 0 Å². The monoisotopic (exact) mass is 368 g/mol. The maximum atomic E-state index is 6.15. The molecule has 1 saturated heterocycles. The topological polar surface area (TPSA) is 33.7 Å². The highest BCUT2D eigenvalue weighted by Crippen LogP contribution is 2.41. The number of nitrogens with zero attached hydrogens (tertiary/aromatic N) is 1. The van der Waals surface area contributed by atoms with Gasteiger partial charge in [0.15, 0.2) is 11.5 Å².